The van der Waals surface area contributed by atoms with Gasteiger partial charge in [0.1, 0.15) is 0 Å². The minimum Gasteiger partial charge on any atom is -0.359 e. The van der Waals surface area contributed by atoms with Crippen LogP contribution in [-0.4, -0.2) is 32.2 Å². The van der Waals surface area contributed by atoms with Crippen LogP contribution in [0.5, 0.6) is 0 Å². The van der Waals surface area contributed by atoms with Crippen molar-refractivity contribution in [3.05, 3.63) is 0 Å². The van der Waals surface area contributed by atoms with Gasteiger partial charge in [0.15, 0.2) is 0 Å². The van der Waals surface area contributed by atoms with Crippen LogP contribution in [0.2, 0.25) is 0 Å². The predicted octanol–water partition coefficient (Wildman–Crippen LogP) is 1.44. The van der Waals surface area contributed by atoms with Gasteiger partial charge in [0.2, 0.25) is 5.91 Å². The fraction of sp³-hybridized carbons (Fsp3) is 0.889. The third-order valence-electron chi connectivity index (χ3n) is 1.85. The van der Waals surface area contributed by atoms with Gasteiger partial charge in [-0.1, -0.05) is 0 Å². The zero-order valence-electron chi connectivity index (χ0n) is 8.78. The normalized spacial score (nSPS) is 11.5. The van der Waals surface area contributed by atoms with Gasteiger partial charge in [-0.3, -0.25) is 4.79 Å². The fourth-order valence-corrected chi connectivity index (χ4v) is 1.04. The maximum Gasteiger partial charge on any atom is 0.389 e. The van der Waals surface area contributed by atoms with Crippen LogP contribution in [0.4, 0.5) is 13.2 Å². The Bertz CT molecular complexity index is 183. The van der Waals surface area contributed by atoms with Gasteiger partial charge in [-0.15, -0.1) is 0 Å². The maximum atomic E-state index is 11.7. The highest BCUT2D eigenvalue weighted by molar-refractivity contribution is 5.75. The Hall–Kier alpha value is -0.780. The van der Waals surface area contributed by atoms with Crippen LogP contribution in [0, 0.1) is 0 Å². The number of halogens is 3. The van der Waals surface area contributed by atoms with E-state index in [9.17, 15) is 18.0 Å². The first kappa shape index (κ1) is 14.2. The molecule has 0 aliphatic heterocycles. The van der Waals surface area contributed by atoms with Gasteiger partial charge in [0, 0.05) is 19.9 Å². The third kappa shape index (κ3) is 11.1. The van der Waals surface area contributed by atoms with Gasteiger partial charge in [0.05, 0.1) is 0 Å². The van der Waals surface area contributed by atoms with Crippen LogP contribution in [0.3, 0.4) is 0 Å². The summed E-state index contributed by atoms with van der Waals surface area (Å²) >= 11 is 0. The molecule has 0 saturated heterocycles. The zero-order valence-corrected chi connectivity index (χ0v) is 8.78. The number of nitrogens with one attached hydrogen (secondary N) is 2. The van der Waals surface area contributed by atoms with Crippen LogP contribution in [0.25, 0.3) is 0 Å². The Balaban J connectivity index is 3.16. The molecule has 15 heavy (non-hydrogen) atoms. The molecule has 0 aromatic heterocycles. The van der Waals surface area contributed by atoms with Crippen molar-refractivity contribution in [2.75, 3.05) is 20.1 Å². The Morgan fingerprint density at radius 3 is 2.33 bits per heavy atom. The summed E-state index contributed by atoms with van der Waals surface area (Å²) in [7, 11) is 1.55. The number of carbonyl (C=O) groups excluding carboxylic acids is 1. The molecule has 0 aromatic carbocycles. The largest absolute Gasteiger partial charge is 0.389 e. The van der Waals surface area contributed by atoms with Crippen molar-refractivity contribution < 1.29 is 18.0 Å². The molecule has 0 aliphatic rings. The van der Waals surface area contributed by atoms with E-state index in [4.69, 9.17) is 0 Å². The molecule has 0 aliphatic carbocycles. The summed E-state index contributed by atoms with van der Waals surface area (Å²) in [6, 6.07) is 0. The van der Waals surface area contributed by atoms with Gasteiger partial charge >= 0.3 is 6.18 Å². The minimum atomic E-state index is -4.07. The van der Waals surface area contributed by atoms with Crippen LogP contribution < -0.4 is 10.6 Å². The first-order valence-corrected chi connectivity index (χ1v) is 4.94. The van der Waals surface area contributed by atoms with Crippen molar-refractivity contribution in [2.24, 2.45) is 0 Å². The second kappa shape index (κ2) is 7.50. The monoisotopic (exact) mass is 226 g/mol. The summed E-state index contributed by atoms with van der Waals surface area (Å²) in [6.07, 6.45) is -3.68. The van der Waals surface area contributed by atoms with E-state index in [-0.39, 0.29) is 12.3 Å². The Kier molecular flexibility index (Phi) is 7.11. The molecule has 0 radical (unpaired) electrons. The third-order valence-corrected chi connectivity index (χ3v) is 1.85. The second-order valence-corrected chi connectivity index (χ2v) is 3.25. The summed E-state index contributed by atoms with van der Waals surface area (Å²) in [5, 5.41) is 5.33. The van der Waals surface area contributed by atoms with Gasteiger partial charge in [-0.05, 0) is 25.9 Å². The van der Waals surface area contributed by atoms with Crippen molar-refractivity contribution in [1.82, 2.24) is 10.6 Å². The summed E-state index contributed by atoms with van der Waals surface area (Å²) < 4.78 is 35.1. The highest BCUT2D eigenvalue weighted by Gasteiger charge is 2.25. The molecule has 0 fully saturated rings. The van der Waals surface area contributed by atoms with E-state index < -0.39 is 12.6 Å². The average molecular weight is 226 g/mol. The SMILES string of the molecule is CNC(=O)CCCNCCCC(F)(F)F. The summed E-state index contributed by atoms with van der Waals surface area (Å²) in [5.41, 5.74) is 0. The van der Waals surface area contributed by atoms with Crippen molar-refractivity contribution in [1.29, 1.82) is 0 Å². The number of alkyl halides is 3. The van der Waals surface area contributed by atoms with Gasteiger partial charge < -0.3 is 10.6 Å². The van der Waals surface area contributed by atoms with E-state index in [0.29, 0.717) is 25.9 Å². The lowest BCUT2D eigenvalue weighted by atomic mass is 10.2. The van der Waals surface area contributed by atoms with E-state index >= 15 is 0 Å². The quantitative estimate of drug-likeness (QED) is 0.645. The molecule has 3 nitrogen and oxygen atoms in total. The Morgan fingerprint density at radius 1 is 1.20 bits per heavy atom. The number of amides is 1. The molecular weight excluding hydrogens is 209 g/mol. The van der Waals surface area contributed by atoms with Gasteiger partial charge in [0.25, 0.3) is 0 Å². The summed E-state index contributed by atoms with van der Waals surface area (Å²) in [5.74, 6) is -0.0490. The predicted molar refractivity (Wildman–Crippen MR) is 51.5 cm³/mol. The van der Waals surface area contributed by atoms with E-state index in [1.165, 1.54) is 0 Å². The smallest absolute Gasteiger partial charge is 0.359 e. The fourth-order valence-electron chi connectivity index (χ4n) is 1.04. The Labute approximate surface area is 87.4 Å². The molecule has 0 bridgehead atoms. The first-order valence-electron chi connectivity index (χ1n) is 4.94. The number of rotatable bonds is 7. The molecule has 1 amide bonds. The number of hydrogen-bond acceptors (Lipinski definition) is 2. The van der Waals surface area contributed by atoms with Crippen molar-refractivity contribution in [3.63, 3.8) is 0 Å². The first-order chi connectivity index (χ1) is 6.95. The second-order valence-electron chi connectivity index (χ2n) is 3.25. The zero-order chi connectivity index (χ0) is 11.7. The average Bonchev–Trinajstić information content (AvgIpc) is 2.14. The highest BCUT2D eigenvalue weighted by Crippen LogP contribution is 2.20. The molecule has 0 rings (SSSR count). The molecule has 2 N–H and O–H groups in total. The lowest BCUT2D eigenvalue weighted by Crippen LogP contribution is -2.22. The number of carbonyl (C=O) groups is 1. The van der Waals surface area contributed by atoms with Crippen LogP contribution in [0.15, 0.2) is 0 Å². The minimum absolute atomic E-state index is 0.0490. The molecule has 0 spiro atoms. The molecule has 0 heterocycles. The molecule has 0 aromatic rings. The number of hydrogen-bond donors (Lipinski definition) is 2. The van der Waals surface area contributed by atoms with E-state index in [1.807, 2.05) is 0 Å². The van der Waals surface area contributed by atoms with E-state index in [2.05, 4.69) is 10.6 Å². The standard InChI is InChI=1S/C9H17F3N2O/c1-13-8(15)4-2-6-14-7-3-5-9(10,11)12/h14H,2-7H2,1H3,(H,13,15). The summed E-state index contributed by atoms with van der Waals surface area (Å²) in [6.45, 7) is 0.915. The lowest BCUT2D eigenvalue weighted by molar-refractivity contribution is -0.135. The molecule has 90 valence electrons. The van der Waals surface area contributed by atoms with E-state index in [0.717, 1.165) is 0 Å². The van der Waals surface area contributed by atoms with Gasteiger partial charge in [-0.2, -0.15) is 13.2 Å². The molecule has 0 saturated carbocycles. The van der Waals surface area contributed by atoms with Crippen molar-refractivity contribution >= 4 is 5.91 Å². The van der Waals surface area contributed by atoms with Gasteiger partial charge in [-0.25, -0.2) is 0 Å². The van der Waals surface area contributed by atoms with Crippen molar-refractivity contribution in [3.8, 4) is 0 Å². The highest BCUT2D eigenvalue weighted by atomic mass is 19.4. The van der Waals surface area contributed by atoms with Crippen molar-refractivity contribution in [2.45, 2.75) is 31.9 Å². The molecule has 0 unspecified atom stereocenters. The lowest BCUT2D eigenvalue weighted by Gasteiger charge is -2.06. The van der Waals surface area contributed by atoms with Crippen LogP contribution >= 0.6 is 0 Å². The molecule has 6 heteroatoms. The summed E-state index contributed by atoms with van der Waals surface area (Å²) in [4.78, 5) is 10.7. The van der Waals surface area contributed by atoms with Crippen LogP contribution in [-0.2, 0) is 4.79 Å². The topological polar surface area (TPSA) is 41.1 Å². The van der Waals surface area contributed by atoms with Crippen LogP contribution in [0.1, 0.15) is 25.7 Å². The maximum absolute atomic E-state index is 11.7. The Morgan fingerprint density at radius 2 is 1.80 bits per heavy atom. The molecular formula is C9H17F3N2O. The van der Waals surface area contributed by atoms with E-state index in [1.54, 1.807) is 7.05 Å². The molecule has 0 atom stereocenters.